The summed E-state index contributed by atoms with van der Waals surface area (Å²) >= 11 is 6.16. The van der Waals surface area contributed by atoms with Gasteiger partial charge in [0.25, 0.3) is 0 Å². The minimum absolute atomic E-state index is 0.806. The molecule has 0 aliphatic rings. The third-order valence-electron chi connectivity index (χ3n) is 2.91. The smallest absolute Gasteiger partial charge is 0.0460 e. The van der Waals surface area contributed by atoms with E-state index >= 15 is 0 Å². The highest BCUT2D eigenvalue weighted by Gasteiger charge is 2.07. The normalized spacial score (nSPS) is 10.7. The molecule has 84 valence electrons. The van der Waals surface area contributed by atoms with E-state index in [9.17, 15) is 0 Å². The second-order valence-electron chi connectivity index (χ2n) is 3.82. The van der Waals surface area contributed by atoms with Gasteiger partial charge in [0.1, 0.15) is 0 Å². The molecule has 2 aromatic carbocycles. The predicted molar refractivity (Wildman–Crippen MR) is 72.5 cm³/mol. The molecule has 2 aromatic rings. The van der Waals surface area contributed by atoms with Gasteiger partial charge in [-0.25, -0.2) is 0 Å². The first-order valence-electron chi connectivity index (χ1n) is 5.69. The van der Waals surface area contributed by atoms with Gasteiger partial charge in [-0.05, 0) is 31.4 Å². The minimum Gasteiger partial charge on any atom is -0.372 e. The summed E-state index contributed by atoms with van der Waals surface area (Å²) in [7, 11) is 0. The zero-order chi connectivity index (χ0) is 11.5. The Morgan fingerprint density at radius 3 is 2.44 bits per heavy atom. The summed E-state index contributed by atoms with van der Waals surface area (Å²) in [6, 6.07) is 12.4. The van der Waals surface area contributed by atoms with E-state index in [4.69, 9.17) is 11.6 Å². The van der Waals surface area contributed by atoms with Crippen molar-refractivity contribution in [2.45, 2.75) is 13.8 Å². The summed E-state index contributed by atoms with van der Waals surface area (Å²) in [5.41, 5.74) is 1.23. The average Bonchev–Trinajstić information content (AvgIpc) is 2.30. The van der Waals surface area contributed by atoms with E-state index in [0.717, 1.165) is 18.1 Å². The monoisotopic (exact) mass is 233 g/mol. The molecule has 0 aliphatic heterocycles. The highest BCUT2D eigenvalue weighted by atomic mass is 35.5. The van der Waals surface area contributed by atoms with Crippen LogP contribution in [0.25, 0.3) is 10.8 Å². The molecule has 0 radical (unpaired) electrons. The third kappa shape index (κ3) is 2.00. The van der Waals surface area contributed by atoms with Gasteiger partial charge < -0.3 is 4.90 Å². The standard InChI is InChI=1S/C14H16ClN/c1-3-16(4-2)14-10-12(15)9-11-7-5-6-8-13(11)14/h5-10H,3-4H2,1-2H3. The van der Waals surface area contributed by atoms with Crippen molar-refractivity contribution in [3.8, 4) is 0 Å². The van der Waals surface area contributed by atoms with Crippen molar-refractivity contribution in [2.24, 2.45) is 0 Å². The molecule has 0 heterocycles. The average molecular weight is 234 g/mol. The van der Waals surface area contributed by atoms with Crippen LogP contribution in [0.2, 0.25) is 5.02 Å². The Labute approximate surface area is 102 Å². The summed E-state index contributed by atoms with van der Waals surface area (Å²) in [6.07, 6.45) is 0. The van der Waals surface area contributed by atoms with Gasteiger partial charge >= 0.3 is 0 Å². The van der Waals surface area contributed by atoms with Crippen molar-refractivity contribution in [1.82, 2.24) is 0 Å². The van der Waals surface area contributed by atoms with Crippen LogP contribution in [0, 0.1) is 0 Å². The Hall–Kier alpha value is -1.21. The molecule has 0 saturated carbocycles. The molecule has 0 atom stereocenters. The van der Waals surface area contributed by atoms with Crippen LogP contribution in [0.1, 0.15) is 13.8 Å². The number of fused-ring (bicyclic) bond motifs is 1. The Bertz CT molecular complexity index is 489. The fraction of sp³-hybridized carbons (Fsp3) is 0.286. The Morgan fingerprint density at radius 2 is 1.75 bits per heavy atom. The lowest BCUT2D eigenvalue weighted by atomic mass is 10.1. The van der Waals surface area contributed by atoms with Gasteiger partial charge in [-0.15, -0.1) is 0 Å². The molecule has 0 amide bonds. The second kappa shape index (κ2) is 4.75. The lowest BCUT2D eigenvalue weighted by molar-refractivity contribution is 0.870. The van der Waals surface area contributed by atoms with Crippen LogP contribution >= 0.6 is 11.6 Å². The van der Waals surface area contributed by atoms with Gasteiger partial charge in [0, 0.05) is 29.2 Å². The van der Waals surface area contributed by atoms with Crippen molar-refractivity contribution in [3.63, 3.8) is 0 Å². The van der Waals surface area contributed by atoms with Crippen LogP contribution in [-0.2, 0) is 0 Å². The van der Waals surface area contributed by atoms with Gasteiger partial charge in [0.05, 0.1) is 0 Å². The largest absolute Gasteiger partial charge is 0.372 e. The molecular weight excluding hydrogens is 218 g/mol. The quantitative estimate of drug-likeness (QED) is 0.762. The minimum atomic E-state index is 0.806. The van der Waals surface area contributed by atoms with Crippen LogP contribution in [-0.4, -0.2) is 13.1 Å². The SMILES string of the molecule is CCN(CC)c1cc(Cl)cc2ccccc12. The first-order valence-corrected chi connectivity index (χ1v) is 6.07. The highest BCUT2D eigenvalue weighted by molar-refractivity contribution is 6.32. The van der Waals surface area contributed by atoms with Gasteiger partial charge in [0.15, 0.2) is 0 Å². The number of halogens is 1. The summed E-state index contributed by atoms with van der Waals surface area (Å²) < 4.78 is 0. The van der Waals surface area contributed by atoms with Crippen LogP contribution in [0.3, 0.4) is 0 Å². The Kier molecular flexibility index (Phi) is 3.35. The first-order chi connectivity index (χ1) is 7.76. The van der Waals surface area contributed by atoms with Crippen molar-refractivity contribution in [3.05, 3.63) is 41.4 Å². The number of nitrogens with zero attached hydrogens (tertiary/aromatic N) is 1. The van der Waals surface area contributed by atoms with E-state index in [0.29, 0.717) is 0 Å². The Balaban J connectivity index is 2.66. The number of hydrogen-bond acceptors (Lipinski definition) is 1. The molecule has 0 spiro atoms. The molecule has 0 aromatic heterocycles. The lowest BCUT2D eigenvalue weighted by Crippen LogP contribution is -2.21. The van der Waals surface area contributed by atoms with Crippen molar-refractivity contribution in [1.29, 1.82) is 0 Å². The highest BCUT2D eigenvalue weighted by Crippen LogP contribution is 2.30. The second-order valence-corrected chi connectivity index (χ2v) is 4.25. The first kappa shape index (κ1) is 11.3. The van der Waals surface area contributed by atoms with Crippen LogP contribution < -0.4 is 4.90 Å². The summed E-state index contributed by atoms with van der Waals surface area (Å²) in [5, 5.41) is 3.29. The third-order valence-corrected chi connectivity index (χ3v) is 3.13. The Morgan fingerprint density at radius 1 is 1.06 bits per heavy atom. The van der Waals surface area contributed by atoms with Crippen LogP contribution in [0.15, 0.2) is 36.4 Å². The van der Waals surface area contributed by atoms with E-state index in [1.165, 1.54) is 16.5 Å². The molecule has 16 heavy (non-hydrogen) atoms. The van der Waals surface area contributed by atoms with Crippen molar-refractivity contribution < 1.29 is 0 Å². The fourth-order valence-corrected chi connectivity index (χ4v) is 2.30. The molecule has 0 fully saturated rings. The van der Waals surface area contributed by atoms with E-state index in [1.807, 2.05) is 12.1 Å². The van der Waals surface area contributed by atoms with Gasteiger partial charge in [0.2, 0.25) is 0 Å². The van der Waals surface area contributed by atoms with Gasteiger partial charge in [-0.3, -0.25) is 0 Å². The lowest BCUT2D eigenvalue weighted by Gasteiger charge is -2.23. The maximum absolute atomic E-state index is 6.16. The van der Waals surface area contributed by atoms with Gasteiger partial charge in [-0.1, -0.05) is 35.9 Å². The van der Waals surface area contributed by atoms with E-state index in [2.05, 4.69) is 43.0 Å². The summed E-state index contributed by atoms with van der Waals surface area (Å²) in [5.74, 6) is 0. The molecule has 0 N–H and O–H groups in total. The molecule has 0 aliphatic carbocycles. The molecule has 0 saturated heterocycles. The maximum atomic E-state index is 6.16. The van der Waals surface area contributed by atoms with E-state index < -0.39 is 0 Å². The molecular formula is C14H16ClN. The number of hydrogen-bond donors (Lipinski definition) is 0. The molecule has 2 rings (SSSR count). The molecule has 0 unspecified atom stereocenters. The number of rotatable bonds is 3. The van der Waals surface area contributed by atoms with E-state index in [-0.39, 0.29) is 0 Å². The van der Waals surface area contributed by atoms with Crippen molar-refractivity contribution >= 4 is 28.1 Å². The molecule has 1 nitrogen and oxygen atoms in total. The van der Waals surface area contributed by atoms with Crippen molar-refractivity contribution in [2.75, 3.05) is 18.0 Å². The van der Waals surface area contributed by atoms with E-state index in [1.54, 1.807) is 0 Å². The maximum Gasteiger partial charge on any atom is 0.0460 e. The molecule has 0 bridgehead atoms. The number of benzene rings is 2. The summed E-state index contributed by atoms with van der Waals surface area (Å²) in [4.78, 5) is 2.33. The number of anilines is 1. The van der Waals surface area contributed by atoms with Gasteiger partial charge in [-0.2, -0.15) is 0 Å². The zero-order valence-electron chi connectivity index (χ0n) is 9.70. The predicted octanol–water partition coefficient (Wildman–Crippen LogP) is 4.34. The van der Waals surface area contributed by atoms with Crippen LogP contribution in [0.5, 0.6) is 0 Å². The summed E-state index contributed by atoms with van der Waals surface area (Å²) in [6.45, 7) is 6.33. The fourth-order valence-electron chi connectivity index (χ4n) is 2.08. The molecule has 2 heteroatoms. The topological polar surface area (TPSA) is 3.24 Å². The van der Waals surface area contributed by atoms with Crippen LogP contribution in [0.4, 0.5) is 5.69 Å². The zero-order valence-corrected chi connectivity index (χ0v) is 10.5.